The zero-order valence-corrected chi connectivity index (χ0v) is 9.23. The van der Waals surface area contributed by atoms with Gasteiger partial charge in [-0.1, -0.05) is 30.3 Å². The number of benzene rings is 1. The van der Waals surface area contributed by atoms with Crippen LogP contribution < -0.4 is 5.73 Å². The number of thiol groups is 1. The van der Waals surface area contributed by atoms with Crippen molar-refractivity contribution in [1.82, 2.24) is 0 Å². The van der Waals surface area contributed by atoms with Crippen molar-refractivity contribution in [3.63, 3.8) is 0 Å². The molecule has 0 fully saturated rings. The van der Waals surface area contributed by atoms with Crippen LogP contribution in [0.1, 0.15) is 24.5 Å². The summed E-state index contributed by atoms with van der Waals surface area (Å²) in [4.78, 5) is 0. The maximum atomic E-state index is 10.5. The first-order valence-electron chi connectivity index (χ1n) is 4.80. The van der Waals surface area contributed by atoms with E-state index in [0.29, 0.717) is 13.0 Å². The fourth-order valence-electron chi connectivity index (χ4n) is 1.36. The summed E-state index contributed by atoms with van der Waals surface area (Å²) in [6.07, 6.45) is 0.947. The second kappa shape index (κ2) is 6.55. The van der Waals surface area contributed by atoms with E-state index in [1.807, 2.05) is 30.3 Å². The number of nitrogens with two attached hydrogens (primary N) is 1. The molecule has 0 bridgehead atoms. The van der Waals surface area contributed by atoms with Crippen molar-refractivity contribution in [2.75, 3.05) is 6.54 Å². The maximum Gasteiger partial charge on any atom is 0.257 e. The lowest BCUT2D eigenvalue weighted by molar-refractivity contribution is 0.210. The molecule has 1 atom stereocenters. The molecule has 4 nitrogen and oxygen atoms in total. The topological polar surface area (TPSA) is 69.4 Å². The van der Waals surface area contributed by atoms with Gasteiger partial charge in [0.05, 0.1) is 0 Å². The first-order chi connectivity index (χ1) is 7.24. The Kier molecular flexibility index (Phi) is 5.31. The zero-order valence-electron chi connectivity index (χ0n) is 8.33. The van der Waals surface area contributed by atoms with E-state index in [9.17, 15) is 8.42 Å². The lowest BCUT2D eigenvalue weighted by Gasteiger charge is -2.13. The van der Waals surface area contributed by atoms with Gasteiger partial charge >= 0.3 is 0 Å². The van der Waals surface area contributed by atoms with Crippen LogP contribution in [0.15, 0.2) is 30.3 Å². The molecule has 0 spiro atoms. The predicted molar refractivity (Wildman–Crippen MR) is 58.9 cm³/mol. The Hall–Kier alpha value is -0.910. The van der Waals surface area contributed by atoms with E-state index >= 15 is 0 Å². The van der Waals surface area contributed by atoms with Crippen LogP contribution in [0.3, 0.4) is 0 Å². The molecule has 0 aliphatic carbocycles. The Labute approximate surface area is 91.2 Å². The molecule has 0 saturated heterocycles. The third-order valence-electron chi connectivity index (χ3n) is 2.06. The molecular formula is C10H15NO3S. The summed E-state index contributed by atoms with van der Waals surface area (Å²) in [7, 11) is -2.82. The summed E-state index contributed by atoms with van der Waals surface area (Å²) >= 11 is 0. The van der Waals surface area contributed by atoms with E-state index in [1.54, 1.807) is 0 Å². The van der Waals surface area contributed by atoms with Crippen LogP contribution in [0.4, 0.5) is 0 Å². The quantitative estimate of drug-likeness (QED) is 0.714. The van der Waals surface area contributed by atoms with Gasteiger partial charge in [-0.05, 0) is 24.9 Å². The molecule has 2 N–H and O–H groups in total. The van der Waals surface area contributed by atoms with Crippen LogP contribution >= 0.6 is 0 Å². The van der Waals surface area contributed by atoms with Gasteiger partial charge in [-0.25, -0.2) is 8.42 Å². The van der Waals surface area contributed by atoms with Crippen molar-refractivity contribution in [2.45, 2.75) is 18.9 Å². The molecule has 5 heteroatoms. The average molecular weight is 229 g/mol. The van der Waals surface area contributed by atoms with Gasteiger partial charge in [0.25, 0.3) is 11.0 Å². The van der Waals surface area contributed by atoms with Gasteiger partial charge in [0.15, 0.2) is 0 Å². The van der Waals surface area contributed by atoms with E-state index in [4.69, 9.17) is 9.92 Å². The molecule has 1 unspecified atom stereocenters. The third-order valence-corrected chi connectivity index (χ3v) is 2.48. The minimum Gasteiger partial charge on any atom is -0.330 e. The van der Waals surface area contributed by atoms with Crippen molar-refractivity contribution in [1.29, 1.82) is 0 Å². The molecule has 1 aromatic carbocycles. The van der Waals surface area contributed by atoms with E-state index in [0.717, 1.165) is 12.0 Å². The largest absolute Gasteiger partial charge is 0.330 e. The molecule has 84 valence electrons. The molecule has 0 radical (unpaired) electrons. The standard InChI is InChI=1S/C10H15NO3S/c11-8-4-7-10(14-15(12)13)9-5-2-1-3-6-9/h1-3,5-6,10,15H,4,7-8,11H2. The number of rotatable bonds is 6. The normalized spacial score (nSPS) is 12.9. The van der Waals surface area contributed by atoms with Crippen molar-refractivity contribution < 1.29 is 12.6 Å². The highest BCUT2D eigenvalue weighted by Crippen LogP contribution is 2.22. The van der Waals surface area contributed by atoms with Crippen molar-refractivity contribution >= 4 is 11.0 Å². The lowest BCUT2D eigenvalue weighted by atomic mass is 10.1. The van der Waals surface area contributed by atoms with Gasteiger partial charge in [-0.2, -0.15) is 0 Å². The Morgan fingerprint density at radius 2 is 1.93 bits per heavy atom. The second-order valence-corrected chi connectivity index (χ2v) is 3.82. The van der Waals surface area contributed by atoms with Gasteiger partial charge in [-0.3, -0.25) is 4.18 Å². The Balaban J connectivity index is 2.71. The van der Waals surface area contributed by atoms with Gasteiger partial charge < -0.3 is 5.73 Å². The Morgan fingerprint density at radius 1 is 1.27 bits per heavy atom. The summed E-state index contributed by atoms with van der Waals surface area (Å²) < 4.78 is 25.9. The summed E-state index contributed by atoms with van der Waals surface area (Å²) in [6, 6.07) is 9.28. The molecule has 0 heterocycles. The maximum absolute atomic E-state index is 10.5. The summed E-state index contributed by atoms with van der Waals surface area (Å²) in [6.45, 7) is 0.530. The van der Waals surface area contributed by atoms with E-state index in [2.05, 4.69) is 0 Å². The first kappa shape index (κ1) is 12.2. The van der Waals surface area contributed by atoms with Crippen LogP contribution in [0.2, 0.25) is 0 Å². The highest BCUT2D eigenvalue weighted by atomic mass is 32.2. The van der Waals surface area contributed by atoms with Crippen LogP contribution in [0, 0.1) is 0 Å². The first-order valence-corrected chi connectivity index (χ1v) is 5.89. The predicted octanol–water partition coefficient (Wildman–Crippen LogP) is 1.01. The lowest BCUT2D eigenvalue weighted by Crippen LogP contribution is -2.07. The third kappa shape index (κ3) is 4.42. The average Bonchev–Trinajstić information content (AvgIpc) is 2.25. The molecule has 1 rings (SSSR count). The van der Waals surface area contributed by atoms with Gasteiger partial charge in [-0.15, -0.1) is 0 Å². The molecule has 0 aromatic heterocycles. The number of hydrogen-bond acceptors (Lipinski definition) is 4. The van der Waals surface area contributed by atoms with E-state index in [1.165, 1.54) is 0 Å². The Morgan fingerprint density at radius 3 is 2.47 bits per heavy atom. The summed E-state index contributed by atoms with van der Waals surface area (Å²) in [5.74, 6) is 0. The van der Waals surface area contributed by atoms with Crippen LogP contribution in [0.25, 0.3) is 0 Å². The van der Waals surface area contributed by atoms with Gasteiger partial charge in [0.2, 0.25) is 0 Å². The van der Waals surface area contributed by atoms with Crippen molar-refractivity contribution in [3.8, 4) is 0 Å². The molecule has 0 amide bonds. The second-order valence-electron chi connectivity index (χ2n) is 3.16. The number of hydrogen-bond donors (Lipinski definition) is 2. The zero-order chi connectivity index (χ0) is 11.1. The SMILES string of the molecule is NCCCC(O[SH](=O)=O)c1ccccc1. The molecule has 15 heavy (non-hydrogen) atoms. The van der Waals surface area contributed by atoms with Gasteiger partial charge in [0.1, 0.15) is 6.10 Å². The highest BCUT2D eigenvalue weighted by molar-refractivity contribution is 7.67. The minimum absolute atomic E-state index is 0.407. The Bertz CT molecular complexity index is 343. The van der Waals surface area contributed by atoms with Crippen LogP contribution in [-0.2, 0) is 15.2 Å². The van der Waals surface area contributed by atoms with E-state index in [-0.39, 0.29) is 0 Å². The summed E-state index contributed by atoms with van der Waals surface area (Å²) in [5.41, 5.74) is 6.25. The monoisotopic (exact) mass is 229 g/mol. The molecule has 0 aliphatic rings. The van der Waals surface area contributed by atoms with Crippen molar-refractivity contribution in [3.05, 3.63) is 35.9 Å². The van der Waals surface area contributed by atoms with Gasteiger partial charge in [0, 0.05) is 0 Å². The molecule has 0 aliphatic heterocycles. The molecule has 0 saturated carbocycles. The smallest absolute Gasteiger partial charge is 0.257 e. The van der Waals surface area contributed by atoms with Crippen LogP contribution in [-0.4, -0.2) is 15.0 Å². The minimum atomic E-state index is -2.82. The fourth-order valence-corrected chi connectivity index (χ4v) is 1.79. The summed E-state index contributed by atoms with van der Waals surface area (Å²) in [5, 5.41) is 0. The molecule has 1 aromatic rings. The molecular weight excluding hydrogens is 214 g/mol. The highest BCUT2D eigenvalue weighted by Gasteiger charge is 2.12. The van der Waals surface area contributed by atoms with Crippen molar-refractivity contribution in [2.24, 2.45) is 5.73 Å². The van der Waals surface area contributed by atoms with Crippen LogP contribution in [0.5, 0.6) is 0 Å². The fraction of sp³-hybridized carbons (Fsp3) is 0.400. The van der Waals surface area contributed by atoms with E-state index < -0.39 is 17.1 Å².